The van der Waals surface area contributed by atoms with Crippen molar-refractivity contribution in [2.75, 3.05) is 0 Å². The number of carbonyl (C=O) groups is 2. The summed E-state index contributed by atoms with van der Waals surface area (Å²) in [5.41, 5.74) is 10.6. The molecule has 0 aliphatic heterocycles. The van der Waals surface area contributed by atoms with Crippen molar-refractivity contribution in [3.63, 3.8) is 0 Å². The van der Waals surface area contributed by atoms with Crippen LogP contribution in [0.3, 0.4) is 0 Å². The van der Waals surface area contributed by atoms with E-state index in [2.05, 4.69) is 0 Å². The Morgan fingerprint density at radius 3 is 2.38 bits per heavy atom. The van der Waals surface area contributed by atoms with E-state index in [4.69, 9.17) is 11.5 Å². The maximum atomic E-state index is 12.1. The number of benzene rings is 2. The van der Waals surface area contributed by atoms with E-state index in [1.807, 2.05) is 49.4 Å². The molecule has 21 heavy (non-hydrogen) atoms. The Labute approximate surface area is 124 Å². The van der Waals surface area contributed by atoms with Crippen LogP contribution in [0.1, 0.15) is 25.3 Å². The summed E-state index contributed by atoms with van der Waals surface area (Å²) in [4.78, 5) is 23.8. The van der Waals surface area contributed by atoms with E-state index in [-0.39, 0.29) is 18.6 Å². The molecule has 1 amide bonds. The number of nitrogens with two attached hydrogens (primary N) is 2. The third-order valence-corrected chi connectivity index (χ3v) is 3.71. The van der Waals surface area contributed by atoms with Crippen molar-refractivity contribution in [1.82, 2.24) is 0 Å². The second kappa shape index (κ2) is 6.06. The van der Waals surface area contributed by atoms with E-state index >= 15 is 0 Å². The lowest BCUT2D eigenvalue weighted by Gasteiger charge is -2.24. The fourth-order valence-electron chi connectivity index (χ4n) is 2.44. The zero-order valence-corrected chi connectivity index (χ0v) is 12.1. The Kier molecular flexibility index (Phi) is 4.38. The maximum Gasteiger partial charge on any atom is 0.245 e. The average molecular weight is 284 g/mol. The van der Waals surface area contributed by atoms with Gasteiger partial charge < -0.3 is 11.5 Å². The number of hydrogen-bond acceptors (Lipinski definition) is 3. The molecule has 0 heterocycles. The zero-order valence-electron chi connectivity index (χ0n) is 12.1. The van der Waals surface area contributed by atoms with Crippen LogP contribution in [0.4, 0.5) is 0 Å². The number of amides is 1. The third-order valence-electron chi connectivity index (χ3n) is 3.71. The smallest absolute Gasteiger partial charge is 0.245 e. The number of fused-ring (bicyclic) bond motifs is 1. The number of carbonyl (C=O) groups excluding carboxylic acids is 2. The molecule has 0 aliphatic rings. The molecule has 0 saturated carbocycles. The van der Waals surface area contributed by atoms with Crippen molar-refractivity contribution in [3.05, 3.63) is 48.0 Å². The van der Waals surface area contributed by atoms with Crippen LogP contribution in [0.25, 0.3) is 10.8 Å². The highest BCUT2D eigenvalue weighted by Gasteiger charge is 2.39. The van der Waals surface area contributed by atoms with Crippen molar-refractivity contribution in [2.24, 2.45) is 11.5 Å². The summed E-state index contributed by atoms with van der Waals surface area (Å²) in [6, 6.07) is 13.7. The molecule has 0 aromatic heterocycles. The van der Waals surface area contributed by atoms with Crippen LogP contribution in [0.5, 0.6) is 0 Å². The van der Waals surface area contributed by atoms with Crippen LogP contribution >= 0.6 is 0 Å². The van der Waals surface area contributed by atoms with E-state index in [0.717, 1.165) is 16.3 Å². The summed E-state index contributed by atoms with van der Waals surface area (Å²) >= 11 is 0. The van der Waals surface area contributed by atoms with Crippen LogP contribution in [0.2, 0.25) is 0 Å². The Hall–Kier alpha value is -2.20. The highest BCUT2D eigenvalue weighted by molar-refractivity contribution is 6.10. The molecule has 0 aliphatic carbocycles. The predicted molar refractivity (Wildman–Crippen MR) is 83.7 cm³/mol. The molecule has 4 heteroatoms. The largest absolute Gasteiger partial charge is 0.368 e. The standard InChI is InChI=1S/C17H20N2O2/c1-2-5-15(20)17(19,16(18)21)11-12-8-9-13-6-3-4-7-14(13)10-12/h3-4,6-10H,2,5,11,19H2,1H3,(H2,18,21). The summed E-state index contributed by atoms with van der Waals surface area (Å²) in [7, 11) is 0. The molecule has 0 radical (unpaired) electrons. The van der Waals surface area contributed by atoms with Crippen molar-refractivity contribution in [3.8, 4) is 0 Å². The Morgan fingerprint density at radius 1 is 1.10 bits per heavy atom. The van der Waals surface area contributed by atoms with Gasteiger partial charge >= 0.3 is 0 Å². The summed E-state index contributed by atoms with van der Waals surface area (Å²) in [6.45, 7) is 1.87. The first-order valence-electron chi connectivity index (χ1n) is 7.07. The highest BCUT2D eigenvalue weighted by Crippen LogP contribution is 2.20. The Balaban J connectivity index is 2.34. The highest BCUT2D eigenvalue weighted by atomic mass is 16.2. The van der Waals surface area contributed by atoms with E-state index in [0.29, 0.717) is 6.42 Å². The van der Waals surface area contributed by atoms with Gasteiger partial charge in [-0.25, -0.2) is 0 Å². The molecule has 1 unspecified atom stereocenters. The number of primary amides is 1. The van der Waals surface area contributed by atoms with Gasteiger partial charge in [-0.15, -0.1) is 0 Å². The first kappa shape index (κ1) is 15.2. The van der Waals surface area contributed by atoms with Crippen LogP contribution < -0.4 is 11.5 Å². The molecule has 2 aromatic carbocycles. The van der Waals surface area contributed by atoms with E-state index < -0.39 is 11.4 Å². The van der Waals surface area contributed by atoms with Crippen molar-refractivity contribution >= 4 is 22.5 Å². The van der Waals surface area contributed by atoms with Gasteiger partial charge in [0.15, 0.2) is 11.3 Å². The van der Waals surface area contributed by atoms with Crippen molar-refractivity contribution < 1.29 is 9.59 Å². The van der Waals surface area contributed by atoms with Gasteiger partial charge in [-0.2, -0.15) is 0 Å². The van der Waals surface area contributed by atoms with Crippen LogP contribution in [0, 0.1) is 0 Å². The van der Waals surface area contributed by atoms with Gasteiger partial charge in [0, 0.05) is 12.8 Å². The van der Waals surface area contributed by atoms with Crippen molar-refractivity contribution in [1.29, 1.82) is 0 Å². The first-order valence-corrected chi connectivity index (χ1v) is 7.07. The van der Waals surface area contributed by atoms with Gasteiger partial charge in [-0.05, 0) is 22.8 Å². The minimum Gasteiger partial charge on any atom is -0.368 e. The fraction of sp³-hybridized carbons (Fsp3) is 0.294. The van der Waals surface area contributed by atoms with E-state index in [9.17, 15) is 9.59 Å². The molecule has 2 rings (SSSR count). The number of rotatable bonds is 6. The van der Waals surface area contributed by atoms with Crippen LogP contribution in [-0.2, 0) is 16.0 Å². The first-order chi connectivity index (χ1) is 9.97. The molecule has 2 aromatic rings. The van der Waals surface area contributed by atoms with E-state index in [1.54, 1.807) is 0 Å². The molecule has 1 atom stereocenters. The SMILES string of the molecule is CCCC(=O)C(N)(Cc1ccc2ccccc2c1)C(N)=O. The van der Waals surface area contributed by atoms with Crippen molar-refractivity contribution in [2.45, 2.75) is 31.7 Å². The summed E-state index contributed by atoms with van der Waals surface area (Å²) in [5.74, 6) is -1.07. The molecule has 4 nitrogen and oxygen atoms in total. The summed E-state index contributed by atoms with van der Waals surface area (Å²) in [5, 5.41) is 2.15. The average Bonchev–Trinajstić information content (AvgIpc) is 2.47. The lowest BCUT2D eigenvalue weighted by atomic mass is 9.84. The van der Waals surface area contributed by atoms with E-state index in [1.165, 1.54) is 0 Å². The third kappa shape index (κ3) is 3.11. The zero-order chi connectivity index (χ0) is 15.5. The topological polar surface area (TPSA) is 86.2 Å². The summed E-state index contributed by atoms with van der Waals surface area (Å²) in [6.07, 6.45) is 1.03. The van der Waals surface area contributed by atoms with Gasteiger partial charge in [0.05, 0.1) is 0 Å². The van der Waals surface area contributed by atoms with Gasteiger partial charge in [0.25, 0.3) is 0 Å². The van der Waals surface area contributed by atoms with Gasteiger partial charge in [0.1, 0.15) is 0 Å². The molecule has 0 fully saturated rings. The number of ketones is 1. The normalized spacial score (nSPS) is 13.8. The Morgan fingerprint density at radius 2 is 1.76 bits per heavy atom. The number of hydrogen-bond donors (Lipinski definition) is 2. The van der Waals surface area contributed by atoms with Gasteiger partial charge in [-0.3, -0.25) is 9.59 Å². The quantitative estimate of drug-likeness (QED) is 0.795. The molecule has 0 bridgehead atoms. The maximum absolute atomic E-state index is 12.1. The summed E-state index contributed by atoms with van der Waals surface area (Å²) < 4.78 is 0. The second-order valence-electron chi connectivity index (χ2n) is 5.37. The minimum atomic E-state index is -1.63. The monoisotopic (exact) mass is 284 g/mol. The lowest BCUT2D eigenvalue weighted by molar-refractivity contribution is -0.134. The molecule has 4 N–H and O–H groups in total. The molecule has 110 valence electrons. The lowest BCUT2D eigenvalue weighted by Crippen LogP contribution is -2.59. The van der Waals surface area contributed by atoms with Gasteiger partial charge in [0.2, 0.25) is 5.91 Å². The van der Waals surface area contributed by atoms with Crippen LogP contribution in [0.15, 0.2) is 42.5 Å². The van der Waals surface area contributed by atoms with Gasteiger partial charge in [-0.1, -0.05) is 49.4 Å². The van der Waals surface area contributed by atoms with Crippen LogP contribution in [-0.4, -0.2) is 17.2 Å². The fourth-order valence-corrected chi connectivity index (χ4v) is 2.44. The predicted octanol–water partition coefficient (Wildman–Crippen LogP) is 1.93. The molecular weight excluding hydrogens is 264 g/mol. The minimum absolute atomic E-state index is 0.131. The number of Topliss-reactive ketones (excluding diaryl/α,β-unsaturated/α-hetero) is 1. The molecule has 0 spiro atoms. The molecule has 0 saturated heterocycles. The Bertz CT molecular complexity index is 681. The molecular formula is C17H20N2O2. The second-order valence-corrected chi connectivity index (χ2v) is 5.37.